The molecule has 4 N–H and O–H groups in total. The number of hydrogen-bond donors (Lipinski definition) is 4. The van der Waals surface area contributed by atoms with Gasteiger partial charge in [-0.05, 0) is 36.4 Å². The fraction of sp³-hybridized carbons (Fsp3) is 0.0500. The Bertz CT molecular complexity index is 1210. The van der Waals surface area contributed by atoms with Gasteiger partial charge in [-0.15, -0.1) is 0 Å². The van der Waals surface area contributed by atoms with Gasteiger partial charge in [0.1, 0.15) is 11.3 Å². The number of amides is 1. The molecular formula is C20H16FN5O3. The van der Waals surface area contributed by atoms with Gasteiger partial charge in [0, 0.05) is 29.9 Å². The van der Waals surface area contributed by atoms with E-state index in [1.807, 2.05) is 0 Å². The monoisotopic (exact) mass is 393 g/mol. The van der Waals surface area contributed by atoms with E-state index in [9.17, 15) is 14.3 Å². The first kappa shape index (κ1) is 18.2. The summed E-state index contributed by atoms with van der Waals surface area (Å²) in [5.41, 5.74) is 1.67. The summed E-state index contributed by atoms with van der Waals surface area (Å²) in [7, 11) is 1.52. The standard InChI is InChI=1S/C20H16FN5O3/c1-22-19(28)17-8-11-7-13(5-6-16(11)29-17)25-20-23-10-15(21)18(26-20)24-12-3-2-4-14(27)9-12/h2-10,27H,1H3,(H,22,28)(H2,23,24,25,26). The minimum absolute atomic E-state index is 0.0422. The summed E-state index contributed by atoms with van der Waals surface area (Å²) in [6, 6.07) is 13.1. The molecule has 2 aromatic carbocycles. The van der Waals surface area contributed by atoms with Gasteiger partial charge in [-0.25, -0.2) is 9.37 Å². The molecule has 2 heterocycles. The smallest absolute Gasteiger partial charge is 0.286 e. The molecule has 9 heteroatoms. The lowest BCUT2D eigenvalue weighted by molar-refractivity contribution is 0.0938. The Morgan fingerprint density at radius 3 is 2.72 bits per heavy atom. The van der Waals surface area contributed by atoms with Crippen LogP contribution in [0.15, 0.2) is 59.1 Å². The van der Waals surface area contributed by atoms with Crippen molar-refractivity contribution in [3.63, 3.8) is 0 Å². The van der Waals surface area contributed by atoms with Crippen LogP contribution in [0.25, 0.3) is 11.0 Å². The highest BCUT2D eigenvalue weighted by Crippen LogP contribution is 2.26. The number of halogens is 1. The third-order valence-electron chi connectivity index (χ3n) is 4.08. The summed E-state index contributed by atoms with van der Waals surface area (Å²) in [5.74, 6) is -0.579. The van der Waals surface area contributed by atoms with E-state index in [1.54, 1.807) is 36.4 Å². The Morgan fingerprint density at radius 2 is 1.93 bits per heavy atom. The van der Waals surface area contributed by atoms with Gasteiger partial charge in [0.05, 0.1) is 6.20 Å². The third-order valence-corrected chi connectivity index (χ3v) is 4.08. The fourth-order valence-electron chi connectivity index (χ4n) is 2.72. The maximum atomic E-state index is 14.1. The van der Waals surface area contributed by atoms with Crippen LogP contribution in [-0.2, 0) is 0 Å². The average molecular weight is 393 g/mol. The maximum absolute atomic E-state index is 14.1. The van der Waals surface area contributed by atoms with Crippen molar-refractivity contribution < 1.29 is 18.7 Å². The molecule has 0 aliphatic rings. The van der Waals surface area contributed by atoms with E-state index < -0.39 is 5.82 Å². The Labute approximate surface area is 164 Å². The van der Waals surface area contributed by atoms with Gasteiger partial charge >= 0.3 is 0 Å². The van der Waals surface area contributed by atoms with Gasteiger partial charge in [0.2, 0.25) is 5.95 Å². The highest BCUT2D eigenvalue weighted by Gasteiger charge is 2.12. The molecule has 0 fully saturated rings. The van der Waals surface area contributed by atoms with Gasteiger partial charge in [-0.2, -0.15) is 4.98 Å². The van der Waals surface area contributed by atoms with E-state index in [2.05, 4.69) is 25.9 Å². The van der Waals surface area contributed by atoms with Gasteiger partial charge in [-0.3, -0.25) is 4.79 Å². The molecule has 0 aliphatic carbocycles. The van der Waals surface area contributed by atoms with Crippen molar-refractivity contribution >= 4 is 40.0 Å². The maximum Gasteiger partial charge on any atom is 0.286 e. The van der Waals surface area contributed by atoms with Crippen LogP contribution in [0.5, 0.6) is 5.75 Å². The van der Waals surface area contributed by atoms with E-state index in [-0.39, 0.29) is 29.2 Å². The zero-order valence-electron chi connectivity index (χ0n) is 15.2. The largest absolute Gasteiger partial charge is 0.508 e. The van der Waals surface area contributed by atoms with Crippen LogP contribution >= 0.6 is 0 Å². The number of nitrogens with one attached hydrogen (secondary N) is 3. The van der Waals surface area contributed by atoms with Crippen LogP contribution in [0.1, 0.15) is 10.6 Å². The second kappa shape index (κ2) is 7.47. The first-order chi connectivity index (χ1) is 14.0. The number of anilines is 4. The molecule has 8 nitrogen and oxygen atoms in total. The van der Waals surface area contributed by atoms with Crippen molar-refractivity contribution in [2.24, 2.45) is 0 Å². The number of hydrogen-bond acceptors (Lipinski definition) is 7. The second-order valence-corrected chi connectivity index (χ2v) is 6.13. The Kier molecular flexibility index (Phi) is 4.70. The lowest BCUT2D eigenvalue weighted by Crippen LogP contribution is -2.16. The summed E-state index contributed by atoms with van der Waals surface area (Å²) in [4.78, 5) is 19.8. The molecule has 0 bridgehead atoms. The first-order valence-electron chi connectivity index (χ1n) is 8.63. The Balaban J connectivity index is 1.58. The lowest BCUT2D eigenvalue weighted by Gasteiger charge is -2.09. The van der Waals surface area contributed by atoms with Gasteiger partial charge in [0.25, 0.3) is 5.91 Å². The minimum atomic E-state index is -0.639. The van der Waals surface area contributed by atoms with E-state index in [0.717, 1.165) is 6.20 Å². The number of fused-ring (bicyclic) bond motifs is 1. The van der Waals surface area contributed by atoms with Crippen molar-refractivity contribution in [2.45, 2.75) is 0 Å². The minimum Gasteiger partial charge on any atom is -0.508 e. The molecule has 0 spiro atoms. The zero-order valence-corrected chi connectivity index (χ0v) is 15.2. The summed E-state index contributed by atoms with van der Waals surface area (Å²) in [6.07, 6.45) is 1.04. The van der Waals surface area contributed by atoms with Crippen LogP contribution in [0.2, 0.25) is 0 Å². The van der Waals surface area contributed by atoms with Gasteiger partial charge in [0.15, 0.2) is 17.4 Å². The number of carbonyl (C=O) groups excluding carboxylic acids is 1. The highest BCUT2D eigenvalue weighted by molar-refractivity contribution is 5.96. The molecular weight excluding hydrogens is 377 g/mol. The van der Waals surface area contributed by atoms with Crippen LogP contribution in [0, 0.1) is 5.82 Å². The number of phenolic OH excluding ortho intramolecular Hbond substituents is 1. The van der Waals surface area contributed by atoms with Crippen molar-refractivity contribution in [1.29, 1.82) is 0 Å². The third kappa shape index (κ3) is 3.93. The van der Waals surface area contributed by atoms with Crippen molar-refractivity contribution in [3.05, 3.63) is 66.3 Å². The molecule has 0 radical (unpaired) electrons. The molecule has 0 unspecified atom stereocenters. The fourth-order valence-corrected chi connectivity index (χ4v) is 2.72. The van der Waals surface area contributed by atoms with E-state index >= 15 is 0 Å². The second-order valence-electron chi connectivity index (χ2n) is 6.13. The van der Waals surface area contributed by atoms with E-state index in [1.165, 1.54) is 19.2 Å². The van der Waals surface area contributed by atoms with Crippen LogP contribution in [-0.4, -0.2) is 28.0 Å². The number of phenols is 1. The number of carbonyl (C=O) groups is 1. The van der Waals surface area contributed by atoms with Crippen molar-refractivity contribution in [1.82, 2.24) is 15.3 Å². The van der Waals surface area contributed by atoms with Gasteiger partial charge in [-0.1, -0.05) is 6.07 Å². The molecule has 29 heavy (non-hydrogen) atoms. The topological polar surface area (TPSA) is 112 Å². The number of aromatic hydroxyl groups is 1. The molecule has 2 aromatic heterocycles. The van der Waals surface area contributed by atoms with Crippen LogP contribution in [0.4, 0.5) is 27.5 Å². The normalized spacial score (nSPS) is 10.7. The predicted octanol–water partition coefficient (Wildman–Crippen LogP) is 3.91. The SMILES string of the molecule is CNC(=O)c1cc2cc(Nc3ncc(F)c(Nc4cccc(O)c4)n3)ccc2o1. The van der Waals surface area contributed by atoms with Crippen molar-refractivity contribution in [3.8, 4) is 5.75 Å². The number of benzene rings is 2. The van der Waals surface area contributed by atoms with E-state index in [0.29, 0.717) is 22.3 Å². The predicted molar refractivity (Wildman–Crippen MR) is 106 cm³/mol. The van der Waals surface area contributed by atoms with E-state index in [4.69, 9.17) is 4.42 Å². The molecule has 4 aromatic rings. The first-order valence-corrected chi connectivity index (χ1v) is 8.63. The van der Waals surface area contributed by atoms with Crippen LogP contribution in [0.3, 0.4) is 0 Å². The Hall–Kier alpha value is -4.14. The molecule has 0 saturated heterocycles. The number of nitrogens with zero attached hydrogens (tertiary/aromatic N) is 2. The summed E-state index contributed by atoms with van der Waals surface area (Å²) >= 11 is 0. The summed E-state index contributed by atoms with van der Waals surface area (Å²) in [6.45, 7) is 0. The molecule has 0 aliphatic heterocycles. The molecule has 146 valence electrons. The lowest BCUT2D eigenvalue weighted by atomic mass is 10.2. The van der Waals surface area contributed by atoms with Crippen molar-refractivity contribution in [2.75, 3.05) is 17.7 Å². The number of aromatic nitrogens is 2. The zero-order chi connectivity index (χ0) is 20.4. The molecule has 0 saturated carbocycles. The summed E-state index contributed by atoms with van der Waals surface area (Å²) in [5, 5.41) is 18.6. The molecule has 0 atom stereocenters. The highest BCUT2D eigenvalue weighted by atomic mass is 19.1. The average Bonchev–Trinajstić information content (AvgIpc) is 3.13. The number of rotatable bonds is 5. The molecule has 1 amide bonds. The Morgan fingerprint density at radius 1 is 1.10 bits per heavy atom. The molecule has 4 rings (SSSR count). The van der Waals surface area contributed by atoms with Gasteiger partial charge < -0.3 is 25.5 Å². The van der Waals surface area contributed by atoms with Crippen LogP contribution < -0.4 is 16.0 Å². The summed E-state index contributed by atoms with van der Waals surface area (Å²) < 4.78 is 19.6. The number of furan rings is 1. The quantitative estimate of drug-likeness (QED) is 0.407.